The van der Waals surface area contributed by atoms with E-state index in [-0.39, 0.29) is 28.7 Å². The molecule has 0 radical (unpaired) electrons. The molecule has 4 rings (SSSR count). The number of anilines is 1. The minimum atomic E-state index is -0.390. The Balaban J connectivity index is 1.49. The van der Waals surface area contributed by atoms with E-state index >= 15 is 0 Å². The minimum Gasteiger partial charge on any atom is -0.329 e. The van der Waals surface area contributed by atoms with Crippen LogP contribution in [0.5, 0.6) is 0 Å². The number of hydrogen-bond acceptors (Lipinski definition) is 5. The highest BCUT2D eigenvalue weighted by atomic mass is 35.5. The van der Waals surface area contributed by atoms with Gasteiger partial charge in [0.05, 0.1) is 6.04 Å². The van der Waals surface area contributed by atoms with E-state index in [1.165, 1.54) is 24.3 Å². The van der Waals surface area contributed by atoms with Gasteiger partial charge in [-0.2, -0.15) is 0 Å². The number of aromatic nitrogens is 2. The van der Waals surface area contributed by atoms with E-state index in [1.54, 1.807) is 29.2 Å². The Hall–Kier alpha value is -2.84. The maximum atomic E-state index is 13.1. The first-order valence-corrected chi connectivity index (χ1v) is 10.2. The number of nitrogens with zero attached hydrogens (tertiary/aromatic N) is 3. The fraction of sp³-hybridized carbons (Fsp3) is 0.200. The van der Waals surface area contributed by atoms with Gasteiger partial charge >= 0.3 is 0 Å². The van der Waals surface area contributed by atoms with E-state index in [0.29, 0.717) is 27.8 Å². The third kappa shape index (κ3) is 4.28. The third-order valence-electron chi connectivity index (χ3n) is 4.61. The average molecular weight is 431 g/mol. The van der Waals surface area contributed by atoms with Crippen molar-refractivity contribution in [1.29, 1.82) is 0 Å². The van der Waals surface area contributed by atoms with Crippen LogP contribution in [0.3, 0.4) is 0 Å². The number of halogens is 2. The summed E-state index contributed by atoms with van der Waals surface area (Å²) in [7, 11) is 0. The Morgan fingerprint density at radius 2 is 1.97 bits per heavy atom. The van der Waals surface area contributed by atoms with Crippen molar-refractivity contribution in [2.45, 2.75) is 18.9 Å². The van der Waals surface area contributed by atoms with E-state index < -0.39 is 0 Å². The molecule has 0 saturated carbocycles. The molecule has 29 heavy (non-hydrogen) atoms. The van der Waals surface area contributed by atoms with Crippen LogP contribution < -0.4 is 5.32 Å². The van der Waals surface area contributed by atoms with Gasteiger partial charge in [0.2, 0.25) is 5.01 Å². The van der Waals surface area contributed by atoms with Crippen molar-refractivity contribution >= 4 is 40.4 Å². The number of carbonyl (C=O) groups is 2. The Morgan fingerprint density at radius 3 is 2.72 bits per heavy atom. The smallest absolute Gasteiger partial charge is 0.286 e. The molecule has 1 atom stereocenters. The molecule has 0 aliphatic carbocycles. The number of nitrogens with one attached hydrogen (secondary N) is 1. The molecular weight excluding hydrogens is 415 g/mol. The van der Waals surface area contributed by atoms with Gasteiger partial charge in [-0.25, -0.2) is 4.39 Å². The molecule has 0 spiro atoms. The van der Waals surface area contributed by atoms with Crippen LogP contribution in [-0.4, -0.2) is 33.5 Å². The van der Waals surface area contributed by atoms with Crippen LogP contribution in [0.1, 0.15) is 44.1 Å². The van der Waals surface area contributed by atoms with Crippen molar-refractivity contribution in [2.24, 2.45) is 0 Å². The summed E-state index contributed by atoms with van der Waals surface area (Å²) in [6.45, 7) is 0.574. The van der Waals surface area contributed by atoms with Gasteiger partial charge in [0.1, 0.15) is 10.8 Å². The summed E-state index contributed by atoms with van der Waals surface area (Å²) in [5.41, 5.74) is 0.981. The second-order valence-electron chi connectivity index (χ2n) is 6.57. The SMILES string of the molecule is O=C(Nc1cccc(Cl)c1)c1nnc([C@H]2CCCN2C(=O)c2ccc(F)cc2)s1. The number of likely N-dealkylation sites (tertiary alicyclic amines) is 1. The highest BCUT2D eigenvalue weighted by Crippen LogP contribution is 2.34. The molecular formula is C20H16ClFN4O2S. The molecule has 1 aliphatic heterocycles. The fourth-order valence-corrected chi connectivity index (χ4v) is 4.31. The molecule has 1 aliphatic rings. The molecule has 3 aromatic rings. The van der Waals surface area contributed by atoms with E-state index in [2.05, 4.69) is 15.5 Å². The largest absolute Gasteiger partial charge is 0.329 e. The van der Waals surface area contributed by atoms with Crippen molar-refractivity contribution in [1.82, 2.24) is 15.1 Å². The van der Waals surface area contributed by atoms with Crippen LogP contribution in [-0.2, 0) is 0 Å². The monoisotopic (exact) mass is 430 g/mol. The predicted molar refractivity (Wildman–Crippen MR) is 109 cm³/mol. The molecule has 148 valence electrons. The normalized spacial score (nSPS) is 16.1. The number of hydrogen-bond donors (Lipinski definition) is 1. The molecule has 0 unspecified atom stereocenters. The zero-order valence-electron chi connectivity index (χ0n) is 15.1. The molecule has 9 heteroatoms. The van der Waals surface area contributed by atoms with Crippen LogP contribution in [0.15, 0.2) is 48.5 Å². The summed E-state index contributed by atoms with van der Waals surface area (Å²) in [5.74, 6) is -0.961. The van der Waals surface area contributed by atoms with Gasteiger partial charge in [0, 0.05) is 22.8 Å². The van der Waals surface area contributed by atoms with Crippen LogP contribution in [0, 0.1) is 5.82 Å². The van der Waals surface area contributed by atoms with Gasteiger partial charge < -0.3 is 10.2 Å². The maximum absolute atomic E-state index is 13.1. The highest BCUT2D eigenvalue weighted by Gasteiger charge is 2.33. The van der Waals surface area contributed by atoms with Crippen LogP contribution in [0.2, 0.25) is 5.02 Å². The van der Waals surface area contributed by atoms with Crippen molar-refractivity contribution in [2.75, 3.05) is 11.9 Å². The summed E-state index contributed by atoms with van der Waals surface area (Å²) < 4.78 is 13.1. The zero-order valence-corrected chi connectivity index (χ0v) is 16.7. The lowest BCUT2D eigenvalue weighted by Crippen LogP contribution is -2.30. The van der Waals surface area contributed by atoms with E-state index in [0.717, 1.165) is 24.2 Å². The summed E-state index contributed by atoms with van der Waals surface area (Å²) in [5, 5.41) is 12.2. The quantitative estimate of drug-likeness (QED) is 0.658. The maximum Gasteiger partial charge on any atom is 0.286 e. The first-order chi connectivity index (χ1) is 14.0. The third-order valence-corrected chi connectivity index (χ3v) is 5.87. The van der Waals surface area contributed by atoms with Gasteiger partial charge in [-0.3, -0.25) is 9.59 Å². The van der Waals surface area contributed by atoms with Crippen molar-refractivity contribution in [3.63, 3.8) is 0 Å². The number of carbonyl (C=O) groups excluding carboxylic acids is 2. The molecule has 0 bridgehead atoms. The summed E-state index contributed by atoms with van der Waals surface area (Å²) in [6.07, 6.45) is 1.55. The molecule has 2 heterocycles. The molecule has 1 saturated heterocycles. The summed E-state index contributed by atoms with van der Waals surface area (Å²) in [6, 6.07) is 12.0. The number of rotatable bonds is 4. The lowest BCUT2D eigenvalue weighted by Gasteiger charge is -2.22. The summed E-state index contributed by atoms with van der Waals surface area (Å²) >= 11 is 7.09. The number of amides is 2. The first kappa shape index (κ1) is 19.5. The second kappa shape index (κ2) is 8.26. The molecule has 2 aromatic carbocycles. The average Bonchev–Trinajstić information content (AvgIpc) is 3.37. The standard InChI is InChI=1S/C20H16ClFN4O2S/c21-13-3-1-4-15(11-13)23-17(27)19-25-24-18(29-19)16-5-2-10-26(16)20(28)12-6-8-14(22)9-7-12/h1,3-4,6-9,11,16H,2,5,10H2,(H,23,27)/t16-/m1/s1. The fourth-order valence-electron chi connectivity index (χ4n) is 3.24. The van der Waals surface area contributed by atoms with Gasteiger partial charge in [-0.05, 0) is 55.3 Å². The molecule has 1 aromatic heterocycles. The minimum absolute atomic E-state index is 0.187. The van der Waals surface area contributed by atoms with Crippen LogP contribution >= 0.6 is 22.9 Å². The molecule has 1 fully saturated rings. The van der Waals surface area contributed by atoms with E-state index in [1.807, 2.05) is 0 Å². The van der Waals surface area contributed by atoms with Crippen molar-refractivity contribution < 1.29 is 14.0 Å². The van der Waals surface area contributed by atoms with Crippen LogP contribution in [0.25, 0.3) is 0 Å². The lowest BCUT2D eigenvalue weighted by atomic mass is 10.1. The van der Waals surface area contributed by atoms with Crippen molar-refractivity contribution in [3.8, 4) is 0 Å². The van der Waals surface area contributed by atoms with E-state index in [9.17, 15) is 14.0 Å². The lowest BCUT2D eigenvalue weighted by molar-refractivity contribution is 0.0735. The first-order valence-electron chi connectivity index (χ1n) is 8.98. The summed E-state index contributed by atoms with van der Waals surface area (Å²) in [4.78, 5) is 27.0. The van der Waals surface area contributed by atoms with Gasteiger partial charge in [0.25, 0.3) is 11.8 Å². The van der Waals surface area contributed by atoms with Crippen LogP contribution in [0.4, 0.5) is 10.1 Å². The number of benzene rings is 2. The van der Waals surface area contributed by atoms with E-state index in [4.69, 9.17) is 11.6 Å². The topological polar surface area (TPSA) is 75.2 Å². The Bertz CT molecular complexity index is 1060. The predicted octanol–water partition coefficient (Wildman–Crippen LogP) is 4.56. The molecule has 1 N–H and O–H groups in total. The Morgan fingerprint density at radius 1 is 1.17 bits per heavy atom. The molecule has 2 amide bonds. The Kier molecular flexibility index (Phi) is 5.55. The van der Waals surface area contributed by atoms with Gasteiger partial charge in [-0.15, -0.1) is 10.2 Å². The zero-order chi connectivity index (χ0) is 20.4. The van der Waals surface area contributed by atoms with Gasteiger partial charge in [-0.1, -0.05) is 29.0 Å². The second-order valence-corrected chi connectivity index (χ2v) is 8.02. The Labute approximate surface area is 175 Å². The van der Waals surface area contributed by atoms with Crippen molar-refractivity contribution in [3.05, 3.63) is 74.9 Å². The van der Waals surface area contributed by atoms with Gasteiger partial charge in [0.15, 0.2) is 0 Å². The molecule has 6 nitrogen and oxygen atoms in total. The highest BCUT2D eigenvalue weighted by molar-refractivity contribution is 7.13.